The lowest BCUT2D eigenvalue weighted by atomic mass is 10.3. The third kappa shape index (κ3) is 16.6. The summed E-state index contributed by atoms with van der Waals surface area (Å²) in [5, 5.41) is 12.9. The van der Waals surface area contributed by atoms with Crippen LogP contribution in [0.1, 0.15) is 36.2 Å². The van der Waals surface area contributed by atoms with Crippen molar-refractivity contribution < 1.29 is 33.7 Å². The van der Waals surface area contributed by atoms with Crippen LogP contribution in [0.15, 0.2) is 127 Å². The first kappa shape index (κ1) is 45.2. The van der Waals surface area contributed by atoms with Crippen molar-refractivity contribution in [3.8, 4) is 0 Å². The summed E-state index contributed by atoms with van der Waals surface area (Å²) in [5.74, 6) is -0.120. The first-order valence-electron chi connectivity index (χ1n) is 17.3. The highest BCUT2D eigenvalue weighted by Crippen LogP contribution is 2.32. The predicted octanol–water partition coefficient (Wildman–Crippen LogP) is 8.63. The Morgan fingerprint density at radius 2 is 0.818 bits per heavy atom. The fourth-order valence-corrected chi connectivity index (χ4v) is 9.94. The minimum absolute atomic E-state index is 0.0336. The van der Waals surface area contributed by atoms with Gasteiger partial charge < -0.3 is 19.3 Å². The summed E-state index contributed by atoms with van der Waals surface area (Å²) >= 11 is 10.3. The van der Waals surface area contributed by atoms with Crippen molar-refractivity contribution in [3.63, 3.8) is 0 Å². The summed E-state index contributed by atoms with van der Waals surface area (Å²) < 4.78 is 13.6. The molecule has 0 bridgehead atoms. The average Bonchev–Trinajstić information content (AvgIpc) is 4.01. The number of rotatable bonds is 12. The molecule has 55 heavy (non-hydrogen) atoms. The molecule has 3 aromatic heterocycles. The molecule has 3 aromatic carbocycles. The van der Waals surface area contributed by atoms with Gasteiger partial charge in [0.1, 0.15) is 0 Å². The highest BCUT2D eigenvalue weighted by molar-refractivity contribution is 7.79. The van der Waals surface area contributed by atoms with E-state index in [2.05, 4.69) is 118 Å². The van der Waals surface area contributed by atoms with Gasteiger partial charge in [0.2, 0.25) is 0 Å². The number of methoxy groups -OCH3 is 3. The number of aliphatic hydroxyl groups excluding tert-OH is 1. The van der Waals surface area contributed by atoms with E-state index < -0.39 is 7.92 Å². The number of aliphatic hydroxyl groups is 1. The van der Waals surface area contributed by atoms with Gasteiger partial charge in [-0.2, -0.15) is 0 Å². The normalized spacial score (nSPS) is 10.1. The van der Waals surface area contributed by atoms with Gasteiger partial charge in [0.05, 0.1) is 53.1 Å². The SMILES string of the molecule is CCc1ccc(CC(=O)OC)s1.COC(=O)Cc1ccc(CCl)s1.COC(=O)Cc1ccc(CO)s1.c1ccc(P(c2ccccc2)c2ccccc2)cc1. The molecule has 0 fully saturated rings. The van der Waals surface area contributed by atoms with Crippen molar-refractivity contribution in [1.29, 1.82) is 0 Å². The van der Waals surface area contributed by atoms with Crippen molar-refractivity contribution in [2.45, 2.75) is 45.1 Å². The Bertz CT molecular complexity index is 1750. The minimum atomic E-state index is -0.446. The van der Waals surface area contributed by atoms with E-state index in [-0.39, 0.29) is 24.5 Å². The van der Waals surface area contributed by atoms with Gasteiger partial charge in [0.25, 0.3) is 0 Å². The van der Waals surface area contributed by atoms with E-state index in [1.807, 2.05) is 30.3 Å². The Hall–Kier alpha value is -4.15. The molecule has 12 heteroatoms. The largest absolute Gasteiger partial charge is 0.469 e. The highest BCUT2D eigenvalue weighted by Gasteiger charge is 2.15. The Labute approximate surface area is 342 Å². The van der Waals surface area contributed by atoms with Crippen molar-refractivity contribution in [3.05, 3.63) is 157 Å². The van der Waals surface area contributed by atoms with Crippen LogP contribution in [0.3, 0.4) is 0 Å². The fourth-order valence-electron chi connectivity index (χ4n) is 4.72. The number of thiophene rings is 3. The molecular formula is C43H46ClO7PS3. The summed E-state index contributed by atoms with van der Waals surface area (Å²) in [6, 6.07) is 43.8. The number of esters is 3. The second-order valence-electron chi connectivity index (χ2n) is 11.4. The van der Waals surface area contributed by atoms with Gasteiger partial charge in [0, 0.05) is 29.3 Å². The number of hydrogen-bond donors (Lipinski definition) is 1. The summed E-state index contributed by atoms with van der Waals surface area (Å²) in [4.78, 5) is 38.8. The van der Waals surface area contributed by atoms with Gasteiger partial charge in [-0.3, -0.25) is 14.4 Å². The third-order valence-electron chi connectivity index (χ3n) is 7.47. The quantitative estimate of drug-likeness (QED) is 0.0571. The smallest absolute Gasteiger partial charge is 0.310 e. The molecule has 1 N–H and O–H groups in total. The Morgan fingerprint density at radius 1 is 0.509 bits per heavy atom. The van der Waals surface area contributed by atoms with E-state index in [9.17, 15) is 14.4 Å². The molecule has 0 atom stereocenters. The summed E-state index contributed by atoms with van der Waals surface area (Å²) in [6.07, 6.45) is 2.08. The molecule has 0 aliphatic rings. The molecule has 0 saturated heterocycles. The monoisotopic (exact) mass is 836 g/mol. The van der Waals surface area contributed by atoms with Crippen molar-refractivity contribution >= 4 is 87.4 Å². The highest BCUT2D eigenvalue weighted by atomic mass is 35.5. The van der Waals surface area contributed by atoms with Crippen LogP contribution in [0.5, 0.6) is 0 Å². The Morgan fingerprint density at radius 3 is 1.09 bits per heavy atom. The van der Waals surface area contributed by atoms with Crippen LogP contribution in [0.25, 0.3) is 0 Å². The van der Waals surface area contributed by atoms with Gasteiger partial charge in [-0.15, -0.1) is 45.6 Å². The summed E-state index contributed by atoms with van der Waals surface area (Å²) in [6.45, 7) is 2.14. The Kier molecular flexibility index (Phi) is 21.3. The number of benzene rings is 3. The van der Waals surface area contributed by atoms with Crippen LogP contribution in [0.4, 0.5) is 0 Å². The zero-order valence-electron chi connectivity index (χ0n) is 31.3. The molecule has 7 nitrogen and oxygen atoms in total. The van der Waals surface area contributed by atoms with Crippen LogP contribution < -0.4 is 15.9 Å². The van der Waals surface area contributed by atoms with Crippen LogP contribution in [0.2, 0.25) is 0 Å². The van der Waals surface area contributed by atoms with Crippen LogP contribution in [-0.4, -0.2) is 44.3 Å². The van der Waals surface area contributed by atoms with E-state index >= 15 is 0 Å². The van der Waals surface area contributed by atoms with Gasteiger partial charge in [-0.25, -0.2) is 0 Å². The van der Waals surface area contributed by atoms with Gasteiger partial charge in [-0.05, 0) is 66.7 Å². The second-order valence-corrected chi connectivity index (χ2v) is 17.6. The lowest BCUT2D eigenvalue weighted by Crippen LogP contribution is -2.20. The number of carbonyl (C=O) groups excluding carboxylic acids is 3. The molecule has 0 amide bonds. The van der Waals surface area contributed by atoms with Gasteiger partial charge >= 0.3 is 17.9 Å². The van der Waals surface area contributed by atoms with Crippen LogP contribution >= 0.6 is 53.5 Å². The maximum atomic E-state index is 10.9. The topological polar surface area (TPSA) is 99.1 Å². The van der Waals surface area contributed by atoms with Gasteiger partial charge in [-0.1, -0.05) is 97.9 Å². The zero-order valence-corrected chi connectivity index (χ0v) is 35.4. The van der Waals surface area contributed by atoms with Crippen LogP contribution in [0, 0.1) is 0 Å². The first-order chi connectivity index (χ1) is 26.7. The van der Waals surface area contributed by atoms with E-state index in [1.54, 1.807) is 22.7 Å². The van der Waals surface area contributed by atoms with Crippen molar-refractivity contribution in [1.82, 2.24) is 0 Å². The lowest BCUT2D eigenvalue weighted by Gasteiger charge is -2.18. The molecule has 6 rings (SSSR count). The second kappa shape index (κ2) is 25.8. The van der Waals surface area contributed by atoms with E-state index in [0.717, 1.165) is 30.8 Å². The molecule has 0 spiro atoms. The molecule has 0 radical (unpaired) electrons. The molecular weight excluding hydrogens is 791 g/mol. The molecule has 0 aliphatic carbocycles. The molecule has 290 valence electrons. The molecule has 0 aliphatic heterocycles. The van der Waals surface area contributed by atoms with Crippen LogP contribution in [-0.2, 0) is 66.8 Å². The summed E-state index contributed by atoms with van der Waals surface area (Å²) in [7, 11) is 3.72. The average molecular weight is 837 g/mol. The number of halogens is 1. The molecule has 6 aromatic rings. The lowest BCUT2D eigenvalue weighted by molar-refractivity contribution is -0.140. The number of hydrogen-bond acceptors (Lipinski definition) is 10. The minimum Gasteiger partial charge on any atom is -0.469 e. The molecule has 0 saturated carbocycles. The fraction of sp³-hybridized carbons (Fsp3) is 0.233. The summed E-state index contributed by atoms with van der Waals surface area (Å²) in [5.41, 5.74) is 0. The number of ether oxygens (including phenoxy) is 3. The van der Waals surface area contributed by atoms with E-state index in [1.165, 1.54) is 53.5 Å². The zero-order chi connectivity index (χ0) is 39.8. The van der Waals surface area contributed by atoms with E-state index in [0.29, 0.717) is 25.1 Å². The predicted molar refractivity (Wildman–Crippen MR) is 230 cm³/mol. The van der Waals surface area contributed by atoms with E-state index in [4.69, 9.17) is 16.7 Å². The maximum Gasteiger partial charge on any atom is 0.310 e. The maximum absolute atomic E-state index is 10.9. The first-order valence-corrected chi connectivity index (χ1v) is 21.6. The van der Waals surface area contributed by atoms with Crippen molar-refractivity contribution in [2.75, 3.05) is 21.3 Å². The number of carbonyl (C=O) groups is 3. The standard InChI is InChI=1S/C18H15P.C9H12O2S.C8H9ClO2S.C8H10O3S/c1-4-10-16(11-5-1)19(17-12-6-2-7-13-17)18-14-8-3-9-15-18;1-3-7-4-5-8(12-7)6-9(10)11-2;2*1-11-8(10)4-6-2-3-7(5-9)12-6/h1-15H;4-5H,3,6H2,1-2H3;2-3H,4-5H2,1H3;2-3,9H,4-5H2,1H3. The molecule has 0 unspecified atom stereocenters. The van der Waals surface area contributed by atoms with Gasteiger partial charge in [0.15, 0.2) is 0 Å². The molecule has 3 heterocycles. The number of alkyl halides is 1. The van der Waals surface area contributed by atoms with Crippen molar-refractivity contribution in [2.24, 2.45) is 0 Å². The number of aryl methyl sites for hydroxylation is 1. The Balaban J connectivity index is 0.000000202. The third-order valence-corrected chi connectivity index (χ3v) is 13.7.